The Balaban J connectivity index is 2.14. The maximum Gasteiger partial charge on any atom is 0.259 e. The normalized spacial score (nSPS) is 11.3. The number of imidazole rings is 1. The van der Waals surface area contributed by atoms with Crippen LogP contribution in [0.25, 0.3) is 17.0 Å². The predicted molar refractivity (Wildman–Crippen MR) is 98.6 cm³/mol. The van der Waals surface area contributed by atoms with Crippen molar-refractivity contribution >= 4 is 5.78 Å². The molecule has 0 saturated heterocycles. The first-order chi connectivity index (χ1) is 11.5. The first-order valence-electron chi connectivity index (χ1n) is 8.68. The van der Waals surface area contributed by atoms with E-state index in [4.69, 9.17) is 4.98 Å². The summed E-state index contributed by atoms with van der Waals surface area (Å²) in [4.78, 5) is 17.2. The Morgan fingerprint density at radius 3 is 2.58 bits per heavy atom. The van der Waals surface area contributed by atoms with Crippen LogP contribution in [-0.2, 0) is 6.54 Å². The maximum absolute atomic E-state index is 12.4. The van der Waals surface area contributed by atoms with Crippen LogP contribution in [0, 0.1) is 20.8 Å². The zero-order valence-electron chi connectivity index (χ0n) is 15.0. The molecule has 0 aliphatic carbocycles. The third-order valence-electron chi connectivity index (χ3n) is 4.57. The molecule has 0 aliphatic heterocycles. The Morgan fingerprint density at radius 1 is 1.08 bits per heavy atom. The zero-order valence-corrected chi connectivity index (χ0v) is 15.0. The van der Waals surface area contributed by atoms with Crippen molar-refractivity contribution in [1.29, 1.82) is 0 Å². The molecule has 1 aromatic carbocycles. The Labute approximate surface area is 142 Å². The molecule has 0 spiro atoms. The number of rotatable bonds is 5. The summed E-state index contributed by atoms with van der Waals surface area (Å²) in [6.07, 6.45) is 5.33. The third-order valence-corrected chi connectivity index (χ3v) is 4.57. The van der Waals surface area contributed by atoms with E-state index in [2.05, 4.69) is 43.5 Å². The van der Waals surface area contributed by atoms with Crippen molar-refractivity contribution in [2.24, 2.45) is 0 Å². The van der Waals surface area contributed by atoms with Gasteiger partial charge in [-0.15, -0.1) is 0 Å². The van der Waals surface area contributed by atoms with Crippen LogP contribution in [0.2, 0.25) is 0 Å². The van der Waals surface area contributed by atoms with E-state index in [0.717, 1.165) is 35.7 Å². The van der Waals surface area contributed by atoms with Crippen molar-refractivity contribution in [3.05, 3.63) is 57.6 Å². The summed E-state index contributed by atoms with van der Waals surface area (Å²) < 4.78 is 3.83. The van der Waals surface area contributed by atoms with Gasteiger partial charge in [-0.05, 0) is 32.8 Å². The monoisotopic (exact) mass is 323 g/mol. The van der Waals surface area contributed by atoms with Crippen LogP contribution in [0.5, 0.6) is 0 Å². The zero-order chi connectivity index (χ0) is 17.3. The number of hydrogen-bond donors (Lipinski definition) is 0. The number of fused-ring (bicyclic) bond motifs is 1. The molecule has 0 bridgehead atoms. The highest BCUT2D eigenvalue weighted by Gasteiger charge is 2.13. The molecule has 0 N–H and O–H groups in total. The number of unbranched alkanes of at least 4 members (excludes halogenated alkanes) is 2. The van der Waals surface area contributed by atoms with Gasteiger partial charge < -0.3 is 4.57 Å². The lowest BCUT2D eigenvalue weighted by molar-refractivity contribution is 0.590. The fourth-order valence-corrected chi connectivity index (χ4v) is 3.23. The van der Waals surface area contributed by atoms with Gasteiger partial charge in [0.2, 0.25) is 5.78 Å². The largest absolute Gasteiger partial charge is 0.315 e. The van der Waals surface area contributed by atoms with E-state index in [0.29, 0.717) is 0 Å². The summed E-state index contributed by atoms with van der Waals surface area (Å²) in [5.74, 6) is 0.742. The molecule has 4 heteroatoms. The van der Waals surface area contributed by atoms with E-state index in [1.165, 1.54) is 24.0 Å². The molecule has 24 heavy (non-hydrogen) atoms. The smallest absolute Gasteiger partial charge is 0.259 e. The fraction of sp³-hybridized carbons (Fsp3) is 0.400. The Morgan fingerprint density at radius 2 is 1.88 bits per heavy atom. The number of aromatic nitrogens is 3. The second-order valence-electron chi connectivity index (χ2n) is 6.60. The van der Waals surface area contributed by atoms with Crippen LogP contribution in [-0.4, -0.2) is 14.0 Å². The summed E-state index contributed by atoms with van der Waals surface area (Å²) in [6, 6.07) is 8.03. The van der Waals surface area contributed by atoms with Gasteiger partial charge >= 0.3 is 0 Å². The molecule has 2 aromatic heterocycles. The molecule has 3 aromatic rings. The van der Waals surface area contributed by atoms with Crippen LogP contribution in [0.3, 0.4) is 0 Å². The SMILES string of the molecule is CCCCCn1c(C)cc(=O)n2cc(-c3ccc(C)cc3C)nc12. The van der Waals surface area contributed by atoms with Crippen molar-refractivity contribution in [3.8, 4) is 11.3 Å². The van der Waals surface area contributed by atoms with Crippen molar-refractivity contribution in [1.82, 2.24) is 14.0 Å². The van der Waals surface area contributed by atoms with Gasteiger partial charge in [0, 0.05) is 30.1 Å². The molecule has 2 heterocycles. The number of benzene rings is 1. The van der Waals surface area contributed by atoms with Crippen LogP contribution < -0.4 is 5.56 Å². The summed E-state index contributed by atoms with van der Waals surface area (Å²) in [5.41, 5.74) is 5.31. The first kappa shape index (κ1) is 16.5. The molecule has 0 amide bonds. The summed E-state index contributed by atoms with van der Waals surface area (Å²) in [7, 11) is 0. The van der Waals surface area contributed by atoms with Crippen molar-refractivity contribution in [2.45, 2.75) is 53.5 Å². The lowest BCUT2D eigenvalue weighted by Gasteiger charge is -2.11. The van der Waals surface area contributed by atoms with Gasteiger partial charge in [0.25, 0.3) is 5.56 Å². The van der Waals surface area contributed by atoms with Gasteiger partial charge in [0.1, 0.15) is 0 Å². The summed E-state index contributed by atoms with van der Waals surface area (Å²) in [6.45, 7) is 9.25. The Kier molecular flexibility index (Phi) is 4.56. The molecule has 0 atom stereocenters. The van der Waals surface area contributed by atoms with Crippen LogP contribution >= 0.6 is 0 Å². The van der Waals surface area contributed by atoms with Crippen molar-refractivity contribution in [3.63, 3.8) is 0 Å². The van der Waals surface area contributed by atoms with Crippen LogP contribution in [0.1, 0.15) is 43.0 Å². The molecule has 0 aliphatic rings. The summed E-state index contributed by atoms with van der Waals surface area (Å²) in [5, 5.41) is 0. The van der Waals surface area contributed by atoms with Crippen molar-refractivity contribution in [2.75, 3.05) is 0 Å². The van der Waals surface area contributed by atoms with Gasteiger partial charge in [-0.25, -0.2) is 4.98 Å². The highest BCUT2D eigenvalue weighted by atomic mass is 16.1. The topological polar surface area (TPSA) is 39.3 Å². The van der Waals surface area contributed by atoms with Gasteiger partial charge in [-0.3, -0.25) is 9.20 Å². The van der Waals surface area contributed by atoms with E-state index in [-0.39, 0.29) is 5.56 Å². The average Bonchev–Trinajstić information content (AvgIpc) is 2.96. The van der Waals surface area contributed by atoms with Gasteiger partial charge in [-0.1, -0.05) is 43.5 Å². The molecule has 3 rings (SSSR count). The highest BCUT2D eigenvalue weighted by molar-refractivity contribution is 5.65. The molecule has 0 fully saturated rings. The van der Waals surface area contributed by atoms with Gasteiger partial charge in [0.05, 0.1) is 5.69 Å². The molecule has 0 saturated carbocycles. The second-order valence-corrected chi connectivity index (χ2v) is 6.60. The lowest BCUT2D eigenvalue weighted by Crippen LogP contribution is -2.18. The van der Waals surface area contributed by atoms with E-state index in [1.54, 1.807) is 10.5 Å². The van der Waals surface area contributed by atoms with E-state index in [1.807, 2.05) is 13.1 Å². The minimum atomic E-state index is -0.0160. The fourth-order valence-electron chi connectivity index (χ4n) is 3.23. The second kappa shape index (κ2) is 6.63. The minimum absolute atomic E-state index is 0.0160. The van der Waals surface area contributed by atoms with Crippen molar-refractivity contribution < 1.29 is 0 Å². The minimum Gasteiger partial charge on any atom is -0.315 e. The number of hydrogen-bond acceptors (Lipinski definition) is 2. The van der Waals surface area contributed by atoms with E-state index >= 15 is 0 Å². The van der Waals surface area contributed by atoms with Gasteiger partial charge in [-0.2, -0.15) is 0 Å². The molecule has 126 valence electrons. The van der Waals surface area contributed by atoms with E-state index < -0.39 is 0 Å². The highest BCUT2D eigenvalue weighted by Crippen LogP contribution is 2.23. The number of nitrogens with zero attached hydrogens (tertiary/aromatic N) is 3. The first-order valence-corrected chi connectivity index (χ1v) is 8.68. The third kappa shape index (κ3) is 3.01. The molecule has 0 radical (unpaired) electrons. The lowest BCUT2D eigenvalue weighted by atomic mass is 10.0. The van der Waals surface area contributed by atoms with Crippen LogP contribution in [0.15, 0.2) is 35.3 Å². The predicted octanol–water partition coefficient (Wildman–Crippen LogP) is 4.28. The van der Waals surface area contributed by atoms with Crippen LogP contribution in [0.4, 0.5) is 0 Å². The molecular formula is C20H25N3O. The average molecular weight is 323 g/mol. The maximum atomic E-state index is 12.4. The Bertz CT molecular complexity index is 934. The molecular weight excluding hydrogens is 298 g/mol. The van der Waals surface area contributed by atoms with Gasteiger partial charge in [0.15, 0.2) is 0 Å². The standard InChI is InChI=1S/C20H25N3O/c1-5-6-7-10-22-16(4)12-19(24)23-13-18(21-20(22)23)17-9-8-14(2)11-15(17)3/h8-9,11-13H,5-7,10H2,1-4H3. The quantitative estimate of drug-likeness (QED) is 0.657. The Hall–Kier alpha value is -2.36. The molecule has 0 unspecified atom stereocenters. The van der Waals surface area contributed by atoms with E-state index in [9.17, 15) is 4.79 Å². The summed E-state index contributed by atoms with van der Waals surface area (Å²) >= 11 is 0. The number of aryl methyl sites for hydroxylation is 4. The molecule has 4 nitrogen and oxygen atoms in total.